The number of benzene rings is 1. The molecule has 0 radical (unpaired) electrons. The number of primary amides is 1. The molecule has 2 amide bonds. The standard InChI is InChI=1S/C16H21N5O2S3/c1-21(12-6-3-2-4-7-12)9-5-8-18-14(23)11-25-16-20-19-15(26-16)24-10-13(17)22/h2-4,6-7H,5,8-11H2,1H3,(H2,17,22)(H,18,23). The van der Waals surface area contributed by atoms with Crippen LogP contribution in [-0.4, -0.2) is 53.7 Å². The Labute approximate surface area is 165 Å². The van der Waals surface area contributed by atoms with Crippen molar-refractivity contribution in [2.75, 3.05) is 36.5 Å². The lowest BCUT2D eigenvalue weighted by molar-refractivity contribution is -0.118. The third-order valence-corrected chi connectivity index (χ3v) is 6.45. The van der Waals surface area contributed by atoms with E-state index in [9.17, 15) is 9.59 Å². The number of hydrogen-bond acceptors (Lipinski definition) is 8. The number of amides is 2. The summed E-state index contributed by atoms with van der Waals surface area (Å²) >= 11 is 3.95. The number of aromatic nitrogens is 2. The molecule has 0 aliphatic carbocycles. The maximum Gasteiger partial charge on any atom is 0.230 e. The van der Waals surface area contributed by atoms with Crippen molar-refractivity contribution in [3.8, 4) is 0 Å². The summed E-state index contributed by atoms with van der Waals surface area (Å²) in [5, 5.41) is 10.9. The molecule has 0 bridgehead atoms. The van der Waals surface area contributed by atoms with Crippen LogP contribution < -0.4 is 16.0 Å². The number of thioether (sulfide) groups is 2. The van der Waals surface area contributed by atoms with E-state index in [0.717, 1.165) is 18.7 Å². The number of nitrogens with two attached hydrogens (primary N) is 1. The highest BCUT2D eigenvalue weighted by molar-refractivity contribution is 8.03. The summed E-state index contributed by atoms with van der Waals surface area (Å²) in [4.78, 5) is 24.8. The van der Waals surface area contributed by atoms with E-state index in [1.165, 1.54) is 34.9 Å². The van der Waals surface area contributed by atoms with Crippen molar-refractivity contribution in [3.63, 3.8) is 0 Å². The molecule has 0 unspecified atom stereocenters. The van der Waals surface area contributed by atoms with Crippen LogP contribution in [0.3, 0.4) is 0 Å². The molecule has 2 aromatic rings. The highest BCUT2D eigenvalue weighted by Gasteiger charge is 2.09. The highest BCUT2D eigenvalue weighted by atomic mass is 32.2. The van der Waals surface area contributed by atoms with Crippen LogP contribution in [0.1, 0.15) is 6.42 Å². The van der Waals surface area contributed by atoms with Crippen LogP contribution in [0.2, 0.25) is 0 Å². The van der Waals surface area contributed by atoms with Gasteiger partial charge < -0.3 is 16.0 Å². The zero-order valence-electron chi connectivity index (χ0n) is 14.4. The van der Waals surface area contributed by atoms with E-state index in [2.05, 4.69) is 32.5 Å². The molecule has 0 saturated carbocycles. The number of hydrogen-bond donors (Lipinski definition) is 2. The Morgan fingerprint density at radius 2 is 1.81 bits per heavy atom. The van der Waals surface area contributed by atoms with E-state index in [-0.39, 0.29) is 11.7 Å². The fourth-order valence-electron chi connectivity index (χ4n) is 1.98. The lowest BCUT2D eigenvalue weighted by Crippen LogP contribution is -2.29. The normalized spacial score (nSPS) is 10.5. The fourth-order valence-corrected chi connectivity index (χ4v) is 4.57. The molecule has 0 aliphatic rings. The van der Waals surface area contributed by atoms with Gasteiger partial charge in [0.1, 0.15) is 0 Å². The predicted molar refractivity (Wildman–Crippen MR) is 108 cm³/mol. The summed E-state index contributed by atoms with van der Waals surface area (Å²) in [6.45, 7) is 1.50. The molecule has 0 spiro atoms. The minimum Gasteiger partial charge on any atom is -0.375 e. The number of nitrogens with zero attached hydrogens (tertiary/aromatic N) is 3. The second kappa shape index (κ2) is 11.0. The van der Waals surface area contributed by atoms with Gasteiger partial charge in [0.25, 0.3) is 0 Å². The summed E-state index contributed by atoms with van der Waals surface area (Å²) in [7, 11) is 2.04. The van der Waals surface area contributed by atoms with Gasteiger partial charge in [-0.25, -0.2) is 0 Å². The van der Waals surface area contributed by atoms with Crippen molar-refractivity contribution in [1.82, 2.24) is 15.5 Å². The molecule has 0 saturated heterocycles. The van der Waals surface area contributed by atoms with E-state index >= 15 is 0 Å². The molecule has 10 heteroatoms. The van der Waals surface area contributed by atoms with Crippen LogP contribution >= 0.6 is 34.9 Å². The third-order valence-electron chi connectivity index (χ3n) is 3.24. The second-order valence-corrected chi connectivity index (χ2v) is 8.76. The summed E-state index contributed by atoms with van der Waals surface area (Å²) in [6, 6.07) is 10.1. The molecule has 140 valence electrons. The Balaban J connectivity index is 1.60. The van der Waals surface area contributed by atoms with Gasteiger partial charge in [-0.15, -0.1) is 10.2 Å². The number of nitrogens with one attached hydrogen (secondary N) is 1. The molecule has 1 aromatic heterocycles. The van der Waals surface area contributed by atoms with Gasteiger partial charge in [0.2, 0.25) is 11.8 Å². The van der Waals surface area contributed by atoms with E-state index in [1.54, 1.807) is 0 Å². The third kappa shape index (κ3) is 7.63. The average Bonchev–Trinajstić information content (AvgIpc) is 3.10. The predicted octanol–water partition coefficient (Wildman–Crippen LogP) is 1.85. The first-order valence-corrected chi connectivity index (χ1v) is 10.7. The van der Waals surface area contributed by atoms with Crippen LogP contribution in [0.4, 0.5) is 5.69 Å². The average molecular weight is 412 g/mol. The van der Waals surface area contributed by atoms with Gasteiger partial charge in [-0.05, 0) is 18.6 Å². The summed E-state index contributed by atoms with van der Waals surface area (Å²) < 4.78 is 1.38. The monoisotopic (exact) mass is 411 g/mol. The van der Waals surface area contributed by atoms with Crippen molar-refractivity contribution < 1.29 is 9.59 Å². The first-order valence-electron chi connectivity index (χ1n) is 7.95. The van der Waals surface area contributed by atoms with Gasteiger partial charge in [0.05, 0.1) is 11.5 Å². The van der Waals surface area contributed by atoms with E-state index < -0.39 is 5.91 Å². The molecule has 0 fully saturated rings. The van der Waals surface area contributed by atoms with E-state index in [4.69, 9.17) is 5.73 Å². The van der Waals surface area contributed by atoms with Gasteiger partial charge in [0, 0.05) is 25.8 Å². The molecule has 0 aliphatic heterocycles. The summed E-state index contributed by atoms with van der Waals surface area (Å²) in [5.74, 6) is 0.0523. The van der Waals surface area contributed by atoms with Crippen LogP contribution in [0.5, 0.6) is 0 Å². The quantitative estimate of drug-likeness (QED) is 0.430. The van der Waals surface area contributed by atoms with E-state index in [0.29, 0.717) is 21.0 Å². The van der Waals surface area contributed by atoms with Gasteiger partial charge in [0.15, 0.2) is 8.68 Å². The second-order valence-electron chi connectivity index (χ2n) is 5.34. The van der Waals surface area contributed by atoms with Crippen molar-refractivity contribution in [1.29, 1.82) is 0 Å². The topological polar surface area (TPSA) is 101 Å². The number of para-hydroxylation sites is 1. The van der Waals surface area contributed by atoms with Crippen molar-refractivity contribution in [2.45, 2.75) is 15.1 Å². The molecule has 7 nitrogen and oxygen atoms in total. The van der Waals surface area contributed by atoms with Gasteiger partial charge in [-0.3, -0.25) is 9.59 Å². The van der Waals surface area contributed by atoms with Gasteiger partial charge >= 0.3 is 0 Å². The maximum absolute atomic E-state index is 11.9. The van der Waals surface area contributed by atoms with Crippen LogP contribution in [0, 0.1) is 0 Å². The lowest BCUT2D eigenvalue weighted by atomic mass is 10.3. The molecule has 3 N–H and O–H groups in total. The Bertz CT molecular complexity index is 711. The Kier molecular flexibility index (Phi) is 8.72. The number of carbonyl (C=O) groups is 2. The van der Waals surface area contributed by atoms with Crippen molar-refractivity contribution in [3.05, 3.63) is 30.3 Å². The molecule has 1 heterocycles. The first kappa shape index (κ1) is 20.5. The van der Waals surface area contributed by atoms with Crippen LogP contribution in [-0.2, 0) is 9.59 Å². The summed E-state index contributed by atoms with van der Waals surface area (Å²) in [6.07, 6.45) is 0.870. The molecule has 2 rings (SSSR count). The van der Waals surface area contributed by atoms with Gasteiger partial charge in [-0.2, -0.15) is 0 Å². The minimum absolute atomic E-state index is 0.0288. The zero-order valence-corrected chi connectivity index (χ0v) is 16.8. The van der Waals surface area contributed by atoms with Crippen LogP contribution in [0.25, 0.3) is 0 Å². The number of anilines is 1. The van der Waals surface area contributed by atoms with E-state index in [1.807, 2.05) is 25.2 Å². The molecular formula is C16H21N5O2S3. The SMILES string of the molecule is CN(CCCNC(=O)CSc1nnc(SCC(N)=O)s1)c1ccccc1. The molecule has 0 atom stereocenters. The lowest BCUT2D eigenvalue weighted by Gasteiger charge is -2.19. The highest BCUT2D eigenvalue weighted by Crippen LogP contribution is 2.28. The minimum atomic E-state index is -0.392. The van der Waals surface area contributed by atoms with Crippen LogP contribution in [0.15, 0.2) is 39.0 Å². The molecule has 1 aromatic carbocycles. The smallest absolute Gasteiger partial charge is 0.230 e. The number of rotatable bonds is 11. The largest absolute Gasteiger partial charge is 0.375 e. The van der Waals surface area contributed by atoms with Crippen molar-refractivity contribution in [2.24, 2.45) is 5.73 Å². The molecular weight excluding hydrogens is 390 g/mol. The fraction of sp³-hybridized carbons (Fsp3) is 0.375. The van der Waals surface area contributed by atoms with Gasteiger partial charge in [-0.1, -0.05) is 53.1 Å². The Morgan fingerprint density at radius 3 is 2.46 bits per heavy atom. The first-order chi connectivity index (χ1) is 12.5. The Morgan fingerprint density at radius 1 is 1.15 bits per heavy atom. The molecule has 26 heavy (non-hydrogen) atoms. The zero-order chi connectivity index (χ0) is 18.8. The maximum atomic E-state index is 11.9. The van der Waals surface area contributed by atoms with Crippen molar-refractivity contribution >= 4 is 52.4 Å². The Hall–Kier alpha value is -1.78. The summed E-state index contributed by atoms with van der Waals surface area (Å²) in [5.41, 5.74) is 6.25. The number of carbonyl (C=O) groups excluding carboxylic acids is 2.